The molecule has 1 aliphatic rings. The van der Waals surface area contributed by atoms with Crippen LogP contribution in [0.3, 0.4) is 0 Å². The topological polar surface area (TPSA) is 63.1 Å². The van der Waals surface area contributed by atoms with E-state index in [1.807, 2.05) is 55.2 Å². The van der Waals surface area contributed by atoms with E-state index in [4.69, 9.17) is 4.98 Å². The first-order chi connectivity index (χ1) is 13.5. The molecule has 1 unspecified atom stereocenters. The number of pyridine rings is 1. The molecule has 146 valence electrons. The molecule has 1 aliphatic heterocycles. The molecule has 1 saturated heterocycles. The summed E-state index contributed by atoms with van der Waals surface area (Å²) in [4.78, 5) is 20.3. The fourth-order valence-corrected chi connectivity index (χ4v) is 3.89. The predicted octanol–water partition coefficient (Wildman–Crippen LogP) is 3.25. The third-order valence-corrected chi connectivity index (χ3v) is 5.42. The largest absolute Gasteiger partial charge is 0.348 e. The lowest BCUT2D eigenvalue weighted by atomic mass is 10.0. The van der Waals surface area contributed by atoms with Gasteiger partial charge in [-0.25, -0.2) is 4.98 Å². The number of benzene rings is 1. The van der Waals surface area contributed by atoms with Gasteiger partial charge in [-0.2, -0.15) is 5.10 Å². The Morgan fingerprint density at radius 1 is 1.32 bits per heavy atom. The van der Waals surface area contributed by atoms with Gasteiger partial charge in [0.1, 0.15) is 0 Å². The lowest BCUT2D eigenvalue weighted by molar-refractivity contribution is 0.0914. The van der Waals surface area contributed by atoms with Crippen molar-refractivity contribution in [2.45, 2.75) is 39.3 Å². The molecule has 0 spiro atoms. The van der Waals surface area contributed by atoms with Crippen LogP contribution in [0.15, 0.2) is 36.7 Å². The fraction of sp³-hybridized carbons (Fsp3) is 0.409. The summed E-state index contributed by atoms with van der Waals surface area (Å²) in [5, 5.41) is 8.48. The zero-order valence-corrected chi connectivity index (χ0v) is 16.8. The van der Waals surface area contributed by atoms with E-state index in [1.165, 1.54) is 0 Å². The highest BCUT2D eigenvalue weighted by molar-refractivity contribution is 6.07. The third-order valence-electron chi connectivity index (χ3n) is 5.42. The van der Waals surface area contributed by atoms with Gasteiger partial charge in [-0.05, 0) is 58.0 Å². The molecule has 1 amide bonds. The molecular weight excluding hydrogens is 350 g/mol. The Hall–Kier alpha value is -2.73. The summed E-state index contributed by atoms with van der Waals surface area (Å²) in [6, 6.07) is 8.15. The molecule has 1 N–H and O–H groups in total. The van der Waals surface area contributed by atoms with E-state index in [1.54, 1.807) is 0 Å². The Bertz CT molecular complexity index is 1010. The number of hydrogen-bond donors (Lipinski definition) is 1. The van der Waals surface area contributed by atoms with Crippen LogP contribution < -0.4 is 5.32 Å². The number of piperidine rings is 1. The predicted molar refractivity (Wildman–Crippen MR) is 111 cm³/mol. The van der Waals surface area contributed by atoms with Crippen LogP contribution in [0.4, 0.5) is 0 Å². The van der Waals surface area contributed by atoms with Gasteiger partial charge in [-0.1, -0.05) is 12.1 Å². The van der Waals surface area contributed by atoms with E-state index in [-0.39, 0.29) is 11.9 Å². The Kier molecular flexibility index (Phi) is 5.13. The molecule has 1 aromatic carbocycles. The summed E-state index contributed by atoms with van der Waals surface area (Å²) in [5.41, 5.74) is 4.35. The maximum atomic E-state index is 13.2. The number of nitrogens with zero attached hydrogens (tertiary/aromatic N) is 4. The van der Waals surface area contributed by atoms with Gasteiger partial charge in [0.15, 0.2) is 0 Å². The average Bonchev–Trinajstić information content (AvgIpc) is 3.16. The molecule has 1 fully saturated rings. The van der Waals surface area contributed by atoms with Gasteiger partial charge in [-0.3, -0.25) is 9.48 Å². The summed E-state index contributed by atoms with van der Waals surface area (Å²) in [7, 11) is 2.10. The average molecular weight is 377 g/mol. The second-order valence-electron chi connectivity index (χ2n) is 7.74. The fourth-order valence-electron chi connectivity index (χ4n) is 3.89. The lowest BCUT2D eigenvalue weighted by Gasteiger charge is -2.30. The molecule has 28 heavy (non-hydrogen) atoms. The molecule has 4 rings (SSSR count). The number of amides is 1. The van der Waals surface area contributed by atoms with Crippen molar-refractivity contribution in [1.82, 2.24) is 25.0 Å². The van der Waals surface area contributed by atoms with Crippen molar-refractivity contribution in [2.24, 2.45) is 0 Å². The first-order valence-corrected chi connectivity index (χ1v) is 9.97. The highest BCUT2D eigenvalue weighted by Gasteiger charge is 2.21. The monoisotopic (exact) mass is 377 g/mol. The summed E-state index contributed by atoms with van der Waals surface area (Å²) in [5.74, 6) is -0.0271. The number of carbonyl (C=O) groups is 1. The zero-order chi connectivity index (χ0) is 19.7. The van der Waals surface area contributed by atoms with Crippen molar-refractivity contribution in [2.75, 3.05) is 20.1 Å². The highest BCUT2D eigenvalue weighted by atomic mass is 16.1. The molecule has 3 heterocycles. The minimum atomic E-state index is -0.0271. The molecule has 3 aromatic rings. The van der Waals surface area contributed by atoms with Gasteiger partial charge < -0.3 is 10.2 Å². The quantitative estimate of drug-likeness (QED) is 0.758. The molecule has 0 radical (unpaired) electrons. The van der Waals surface area contributed by atoms with Gasteiger partial charge >= 0.3 is 0 Å². The van der Waals surface area contributed by atoms with Crippen molar-refractivity contribution in [3.8, 4) is 11.3 Å². The van der Waals surface area contributed by atoms with E-state index in [0.29, 0.717) is 5.56 Å². The Balaban J connectivity index is 1.73. The van der Waals surface area contributed by atoms with Crippen LogP contribution in [0.2, 0.25) is 0 Å². The number of nitrogens with one attached hydrogen (secondary N) is 1. The van der Waals surface area contributed by atoms with Gasteiger partial charge in [-0.15, -0.1) is 0 Å². The standard InChI is InChI=1S/C22H27N5O/c1-4-27-13-16(12-23-27)20-11-19(18-8-7-15(2)10-21(18)25-20)22(28)24-17-6-5-9-26(3)14-17/h7-8,10-13,17H,4-6,9,14H2,1-3H3,(H,24,28). The van der Waals surface area contributed by atoms with Crippen molar-refractivity contribution in [1.29, 1.82) is 0 Å². The molecule has 1 atom stereocenters. The van der Waals surface area contributed by atoms with Gasteiger partial charge in [0.25, 0.3) is 5.91 Å². The molecule has 2 aromatic heterocycles. The molecule has 0 aliphatic carbocycles. The van der Waals surface area contributed by atoms with Crippen molar-refractivity contribution in [3.05, 3.63) is 47.8 Å². The smallest absolute Gasteiger partial charge is 0.252 e. The van der Waals surface area contributed by atoms with Crippen LogP contribution >= 0.6 is 0 Å². The van der Waals surface area contributed by atoms with Crippen LogP contribution in [0.5, 0.6) is 0 Å². The molecule has 6 heteroatoms. The summed E-state index contributed by atoms with van der Waals surface area (Å²) < 4.78 is 1.87. The number of fused-ring (bicyclic) bond motifs is 1. The number of rotatable bonds is 4. The SMILES string of the molecule is CCn1cc(-c2cc(C(=O)NC3CCCN(C)C3)c3ccc(C)cc3n2)cn1. The molecule has 0 bridgehead atoms. The Morgan fingerprint density at radius 3 is 2.93 bits per heavy atom. The molecular formula is C22H27N5O. The summed E-state index contributed by atoms with van der Waals surface area (Å²) in [6.07, 6.45) is 5.92. The highest BCUT2D eigenvalue weighted by Crippen LogP contribution is 2.26. The van der Waals surface area contributed by atoms with Crippen LogP contribution in [-0.2, 0) is 6.54 Å². The minimum Gasteiger partial charge on any atom is -0.348 e. The van der Waals surface area contributed by atoms with E-state index in [9.17, 15) is 4.79 Å². The van der Waals surface area contributed by atoms with E-state index in [2.05, 4.69) is 22.4 Å². The van der Waals surface area contributed by atoms with E-state index < -0.39 is 0 Å². The zero-order valence-electron chi connectivity index (χ0n) is 16.8. The maximum absolute atomic E-state index is 13.2. The van der Waals surface area contributed by atoms with Crippen LogP contribution in [0, 0.1) is 6.92 Å². The van der Waals surface area contributed by atoms with E-state index in [0.717, 1.165) is 60.2 Å². The van der Waals surface area contributed by atoms with Crippen LogP contribution in [-0.4, -0.2) is 51.8 Å². The van der Waals surface area contributed by atoms with Gasteiger partial charge in [0.05, 0.1) is 23.0 Å². The van der Waals surface area contributed by atoms with Crippen LogP contribution in [0.25, 0.3) is 22.2 Å². The second kappa shape index (κ2) is 7.72. The first-order valence-electron chi connectivity index (χ1n) is 9.97. The minimum absolute atomic E-state index is 0.0271. The second-order valence-corrected chi connectivity index (χ2v) is 7.74. The van der Waals surface area contributed by atoms with E-state index >= 15 is 0 Å². The summed E-state index contributed by atoms with van der Waals surface area (Å²) in [6.45, 7) is 6.88. The number of likely N-dealkylation sites (N-methyl/N-ethyl adjacent to an activating group) is 1. The number of likely N-dealkylation sites (tertiary alicyclic amines) is 1. The van der Waals surface area contributed by atoms with Crippen LogP contribution in [0.1, 0.15) is 35.7 Å². The molecule has 6 nitrogen and oxygen atoms in total. The number of hydrogen-bond acceptors (Lipinski definition) is 4. The number of carbonyl (C=O) groups excluding carboxylic acids is 1. The third kappa shape index (κ3) is 3.78. The summed E-state index contributed by atoms with van der Waals surface area (Å²) >= 11 is 0. The number of aromatic nitrogens is 3. The normalized spacial score (nSPS) is 17.8. The van der Waals surface area contributed by atoms with Crippen molar-refractivity contribution < 1.29 is 4.79 Å². The maximum Gasteiger partial charge on any atom is 0.252 e. The van der Waals surface area contributed by atoms with Crippen molar-refractivity contribution >= 4 is 16.8 Å². The van der Waals surface area contributed by atoms with Crippen molar-refractivity contribution in [3.63, 3.8) is 0 Å². The van der Waals surface area contributed by atoms with Gasteiger partial charge in [0.2, 0.25) is 0 Å². The lowest BCUT2D eigenvalue weighted by Crippen LogP contribution is -2.46. The number of aryl methyl sites for hydroxylation is 2. The molecule has 0 saturated carbocycles. The Labute approximate surface area is 165 Å². The van der Waals surface area contributed by atoms with Gasteiger partial charge in [0, 0.05) is 36.3 Å². The first kappa shape index (κ1) is 18.6. The Morgan fingerprint density at radius 2 is 2.18 bits per heavy atom.